The molecule has 3 N–H and O–H groups in total. The molecule has 0 aliphatic carbocycles. The fourth-order valence-corrected chi connectivity index (χ4v) is 1.94. The standard InChI is InChI=1S/C17H18F3N3O2/c1-24-14-7-5-13(6-8-14)23-16(21)22-10-12-3-2-4-15(9-12)25-11-17(18,19)20/h2-9H,10-11H2,1H3,(H3,21,22,23). The molecule has 0 unspecified atom stereocenters. The van der Waals surface area contributed by atoms with E-state index in [0.29, 0.717) is 5.56 Å². The van der Waals surface area contributed by atoms with E-state index in [9.17, 15) is 13.2 Å². The van der Waals surface area contributed by atoms with Crippen LogP contribution in [0.1, 0.15) is 5.56 Å². The van der Waals surface area contributed by atoms with Gasteiger partial charge in [-0.1, -0.05) is 12.1 Å². The van der Waals surface area contributed by atoms with Crippen LogP contribution >= 0.6 is 0 Å². The third-order valence-electron chi connectivity index (χ3n) is 3.10. The fraction of sp³-hybridized carbons (Fsp3) is 0.235. The van der Waals surface area contributed by atoms with Crippen molar-refractivity contribution in [2.75, 3.05) is 19.0 Å². The third kappa shape index (κ3) is 6.62. The Kier molecular flexibility index (Phi) is 6.10. The Labute approximate surface area is 143 Å². The summed E-state index contributed by atoms with van der Waals surface area (Å²) in [6, 6.07) is 13.4. The van der Waals surface area contributed by atoms with Gasteiger partial charge in [0, 0.05) is 5.69 Å². The first-order chi connectivity index (χ1) is 11.9. The fourth-order valence-electron chi connectivity index (χ4n) is 1.94. The van der Waals surface area contributed by atoms with E-state index in [1.807, 2.05) is 0 Å². The Balaban J connectivity index is 1.93. The number of rotatable bonds is 6. The lowest BCUT2D eigenvalue weighted by molar-refractivity contribution is -0.153. The van der Waals surface area contributed by atoms with E-state index in [1.165, 1.54) is 12.1 Å². The van der Waals surface area contributed by atoms with Crippen molar-refractivity contribution in [3.63, 3.8) is 0 Å². The van der Waals surface area contributed by atoms with Crippen molar-refractivity contribution in [2.24, 2.45) is 10.7 Å². The molecule has 5 nitrogen and oxygen atoms in total. The number of hydrogen-bond acceptors (Lipinski definition) is 3. The van der Waals surface area contributed by atoms with E-state index < -0.39 is 12.8 Å². The number of benzene rings is 2. The minimum absolute atomic E-state index is 0.131. The maximum atomic E-state index is 12.2. The van der Waals surface area contributed by atoms with Gasteiger partial charge in [-0.05, 0) is 42.0 Å². The van der Waals surface area contributed by atoms with E-state index >= 15 is 0 Å². The molecule has 0 atom stereocenters. The number of ether oxygens (including phenoxy) is 2. The van der Waals surface area contributed by atoms with Crippen molar-refractivity contribution in [3.8, 4) is 11.5 Å². The second-order valence-electron chi connectivity index (χ2n) is 5.11. The number of nitrogens with two attached hydrogens (primary N) is 1. The van der Waals surface area contributed by atoms with E-state index in [-0.39, 0.29) is 18.3 Å². The van der Waals surface area contributed by atoms with Crippen LogP contribution in [0.4, 0.5) is 18.9 Å². The highest BCUT2D eigenvalue weighted by Crippen LogP contribution is 2.20. The topological polar surface area (TPSA) is 68.9 Å². The molecule has 0 aliphatic heterocycles. The summed E-state index contributed by atoms with van der Waals surface area (Å²) in [6.45, 7) is -1.13. The number of nitrogens with zero attached hydrogens (tertiary/aromatic N) is 1. The molecule has 0 amide bonds. The van der Waals surface area contributed by atoms with Crippen LogP contribution in [0.15, 0.2) is 53.5 Å². The van der Waals surface area contributed by atoms with Gasteiger partial charge in [0.05, 0.1) is 13.7 Å². The minimum Gasteiger partial charge on any atom is -0.497 e. The summed E-state index contributed by atoms with van der Waals surface area (Å²) < 4.78 is 46.3. The predicted molar refractivity (Wildman–Crippen MR) is 89.9 cm³/mol. The Morgan fingerprint density at radius 3 is 2.48 bits per heavy atom. The molecule has 2 aromatic rings. The summed E-state index contributed by atoms with van der Waals surface area (Å²) in [5.74, 6) is 1.04. The molecule has 2 rings (SSSR count). The Bertz CT molecular complexity index is 716. The normalized spacial score (nSPS) is 11.9. The molecular weight excluding hydrogens is 335 g/mol. The zero-order chi connectivity index (χ0) is 18.3. The van der Waals surface area contributed by atoms with Crippen LogP contribution in [0.5, 0.6) is 11.5 Å². The molecule has 0 heterocycles. The zero-order valence-electron chi connectivity index (χ0n) is 13.5. The molecular formula is C17H18F3N3O2. The first kappa shape index (κ1) is 18.4. The van der Waals surface area contributed by atoms with Gasteiger partial charge < -0.3 is 20.5 Å². The summed E-state index contributed by atoms with van der Waals surface area (Å²) >= 11 is 0. The third-order valence-corrected chi connectivity index (χ3v) is 3.10. The van der Waals surface area contributed by atoms with E-state index in [0.717, 1.165) is 11.4 Å². The number of aliphatic imine (C=N–C) groups is 1. The molecule has 134 valence electrons. The van der Waals surface area contributed by atoms with Gasteiger partial charge in [-0.3, -0.25) is 0 Å². The first-order valence-electron chi connectivity index (χ1n) is 7.35. The van der Waals surface area contributed by atoms with Crippen LogP contribution in [0.3, 0.4) is 0 Å². The smallest absolute Gasteiger partial charge is 0.422 e. The summed E-state index contributed by atoms with van der Waals surface area (Å²) in [5, 5.41) is 2.92. The Morgan fingerprint density at radius 2 is 1.84 bits per heavy atom. The quantitative estimate of drug-likeness (QED) is 0.615. The number of guanidine groups is 1. The average Bonchev–Trinajstić information content (AvgIpc) is 2.59. The molecule has 0 bridgehead atoms. The highest BCUT2D eigenvalue weighted by atomic mass is 19.4. The molecule has 2 aromatic carbocycles. The highest BCUT2D eigenvalue weighted by Gasteiger charge is 2.28. The number of alkyl halides is 3. The second kappa shape index (κ2) is 8.27. The summed E-state index contributed by atoms with van der Waals surface area (Å²) in [4.78, 5) is 4.16. The number of hydrogen-bond donors (Lipinski definition) is 2. The van der Waals surface area contributed by atoms with Gasteiger partial charge in [0.15, 0.2) is 12.6 Å². The predicted octanol–water partition coefficient (Wildman–Crippen LogP) is 3.56. The lowest BCUT2D eigenvalue weighted by Crippen LogP contribution is -2.22. The van der Waals surface area contributed by atoms with Gasteiger partial charge in [-0.2, -0.15) is 13.2 Å². The van der Waals surface area contributed by atoms with Crippen LogP contribution < -0.4 is 20.5 Å². The molecule has 25 heavy (non-hydrogen) atoms. The van der Waals surface area contributed by atoms with Gasteiger partial charge >= 0.3 is 6.18 Å². The zero-order valence-corrected chi connectivity index (χ0v) is 13.5. The van der Waals surface area contributed by atoms with Crippen LogP contribution in [-0.2, 0) is 6.54 Å². The molecule has 8 heteroatoms. The van der Waals surface area contributed by atoms with Gasteiger partial charge in [0.2, 0.25) is 0 Å². The van der Waals surface area contributed by atoms with Crippen molar-refractivity contribution in [3.05, 3.63) is 54.1 Å². The van der Waals surface area contributed by atoms with E-state index in [1.54, 1.807) is 43.5 Å². The minimum atomic E-state index is -4.37. The summed E-state index contributed by atoms with van der Waals surface area (Å²) in [7, 11) is 1.57. The Morgan fingerprint density at radius 1 is 1.12 bits per heavy atom. The van der Waals surface area contributed by atoms with Gasteiger partial charge in [-0.25, -0.2) is 4.99 Å². The molecule has 0 fully saturated rings. The maximum absolute atomic E-state index is 12.2. The van der Waals surface area contributed by atoms with Crippen LogP contribution in [0.25, 0.3) is 0 Å². The molecule has 0 saturated carbocycles. The Hall–Kier alpha value is -2.90. The van der Waals surface area contributed by atoms with Gasteiger partial charge in [-0.15, -0.1) is 0 Å². The number of nitrogens with one attached hydrogen (secondary N) is 1. The monoisotopic (exact) mass is 353 g/mol. The second-order valence-corrected chi connectivity index (χ2v) is 5.11. The maximum Gasteiger partial charge on any atom is 0.422 e. The number of halogens is 3. The van der Waals surface area contributed by atoms with Crippen molar-refractivity contribution >= 4 is 11.6 Å². The van der Waals surface area contributed by atoms with Gasteiger partial charge in [0.1, 0.15) is 11.5 Å². The average molecular weight is 353 g/mol. The van der Waals surface area contributed by atoms with E-state index in [4.69, 9.17) is 15.2 Å². The lowest BCUT2D eigenvalue weighted by Gasteiger charge is -2.10. The van der Waals surface area contributed by atoms with Crippen molar-refractivity contribution < 1.29 is 22.6 Å². The van der Waals surface area contributed by atoms with E-state index in [2.05, 4.69) is 10.3 Å². The van der Waals surface area contributed by atoms with Crippen LogP contribution in [0, 0.1) is 0 Å². The molecule has 0 aromatic heterocycles. The SMILES string of the molecule is COc1ccc(NC(N)=NCc2cccc(OCC(F)(F)F)c2)cc1. The lowest BCUT2D eigenvalue weighted by atomic mass is 10.2. The van der Waals surface area contributed by atoms with Crippen LogP contribution in [-0.4, -0.2) is 25.9 Å². The van der Waals surface area contributed by atoms with Crippen LogP contribution in [0.2, 0.25) is 0 Å². The van der Waals surface area contributed by atoms with Crippen molar-refractivity contribution in [1.29, 1.82) is 0 Å². The summed E-state index contributed by atoms with van der Waals surface area (Å²) in [6.07, 6.45) is -4.37. The largest absolute Gasteiger partial charge is 0.497 e. The van der Waals surface area contributed by atoms with Crippen molar-refractivity contribution in [1.82, 2.24) is 0 Å². The number of anilines is 1. The number of methoxy groups -OCH3 is 1. The molecule has 0 aliphatic rings. The first-order valence-corrected chi connectivity index (χ1v) is 7.35. The summed E-state index contributed by atoms with van der Waals surface area (Å²) in [5.41, 5.74) is 7.23. The van der Waals surface area contributed by atoms with Crippen molar-refractivity contribution in [2.45, 2.75) is 12.7 Å². The highest BCUT2D eigenvalue weighted by molar-refractivity contribution is 5.92. The molecule has 0 spiro atoms. The van der Waals surface area contributed by atoms with Gasteiger partial charge in [0.25, 0.3) is 0 Å². The molecule has 0 saturated heterocycles. The molecule has 0 radical (unpaired) electrons.